The van der Waals surface area contributed by atoms with Crippen LogP contribution in [0.4, 0.5) is 0 Å². The molecule has 2 aromatic heterocycles. The van der Waals surface area contributed by atoms with Crippen molar-refractivity contribution in [3.8, 4) is 0 Å². The number of rotatable bonds is 2. The highest BCUT2D eigenvalue weighted by atomic mass is 35.5. The van der Waals surface area contributed by atoms with Gasteiger partial charge in [0.1, 0.15) is 11.3 Å². The molecule has 5 heteroatoms. The molecule has 2 aromatic rings. The summed E-state index contributed by atoms with van der Waals surface area (Å²) in [7, 11) is 0. The Hall–Kier alpha value is -0.800. The summed E-state index contributed by atoms with van der Waals surface area (Å²) in [5, 5.41) is 0.617. The first-order valence-electron chi connectivity index (χ1n) is 7.11. The van der Waals surface area contributed by atoms with E-state index in [9.17, 15) is 0 Å². The molecule has 0 N–H and O–H groups in total. The van der Waals surface area contributed by atoms with E-state index in [0.717, 1.165) is 23.4 Å². The van der Waals surface area contributed by atoms with Crippen molar-refractivity contribution < 1.29 is 0 Å². The maximum absolute atomic E-state index is 6.11. The lowest BCUT2D eigenvalue weighted by Crippen LogP contribution is -2.31. The molecule has 0 amide bonds. The second kappa shape index (κ2) is 5.19. The summed E-state index contributed by atoms with van der Waals surface area (Å²) in [6, 6.07) is 2.27. The fourth-order valence-corrected chi connectivity index (χ4v) is 3.72. The highest BCUT2D eigenvalue weighted by Crippen LogP contribution is 2.45. The molecule has 0 saturated heterocycles. The number of pyridine rings is 1. The first-order valence-corrected chi connectivity index (χ1v) is 8.02. The molecule has 0 aromatic carbocycles. The van der Waals surface area contributed by atoms with Gasteiger partial charge < -0.3 is 4.57 Å². The number of nitrogens with zero attached hydrogens (tertiary/aromatic N) is 3. The summed E-state index contributed by atoms with van der Waals surface area (Å²) in [6.07, 6.45) is 6.63. The fourth-order valence-electron chi connectivity index (χ4n) is 3.38. The van der Waals surface area contributed by atoms with E-state index in [1.807, 2.05) is 6.07 Å². The average molecular weight is 312 g/mol. The van der Waals surface area contributed by atoms with Crippen molar-refractivity contribution in [2.75, 3.05) is 0 Å². The molecule has 0 spiro atoms. The second-order valence-corrected chi connectivity index (χ2v) is 6.98. The highest BCUT2D eigenvalue weighted by molar-refractivity contribution is 6.31. The Balaban J connectivity index is 2.18. The quantitative estimate of drug-likeness (QED) is 0.733. The number of alkyl halides is 1. The van der Waals surface area contributed by atoms with Crippen LogP contribution < -0.4 is 0 Å². The van der Waals surface area contributed by atoms with Crippen LogP contribution in [0.2, 0.25) is 5.02 Å². The maximum Gasteiger partial charge on any atom is 0.160 e. The number of aromatic nitrogens is 3. The number of hydrogen-bond acceptors (Lipinski definition) is 2. The minimum atomic E-state index is 0.244. The standard InChI is InChI=1S/C15H19Cl2N3/c1-15(2)6-4-3-5-12(15)20-13(8-16)19-11-7-10(17)9-18-14(11)20/h7,9,12H,3-6,8H2,1-2H3. The summed E-state index contributed by atoms with van der Waals surface area (Å²) in [5.74, 6) is 1.30. The van der Waals surface area contributed by atoms with Gasteiger partial charge in [0.15, 0.2) is 5.65 Å². The summed E-state index contributed by atoms with van der Waals surface area (Å²) in [4.78, 5) is 9.12. The Morgan fingerprint density at radius 1 is 1.40 bits per heavy atom. The third kappa shape index (κ3) is 2.31. The molecule has 1 saturated carbocycles. The van der Waals surface area contributed by atoms with Gasteiger partial charge in [0.05, 0.1) is 10.9 Å². The van der Waals surface area contributed by atoms with Crippen LogP contribution in [-0.4, -0.2) is 14.5 Å². The van der Waals surface area contributed by atoms with Gasteiger partial charge in [-0.25, -0.2) is 9.97 Å². The summed E-state index contributed by atoms with van der Waals surface area (Å²) >= 11 is 12.1. The first kappa shape index (κ1) is 14.2. The molecule has 0 aliphatic heterocycles. The van der Waals surface area contributed by atoms with E-state index >= 15 is 0 Å². The van der Waals surface area contributed by atoms with Crippen molar-refractivity contribution in [2.45, 2.75) is 51.5 Å². The third-order valence-corrected chi connectivity index (χ3v) is 4.90. The molecule has 1 unspecified atom stereocenters. The van der Waals surface area contributed by atoms with Crippen molar-refractivity contribution in [2.24, 2.45) is 5.41 Å². The van der Waals surface area contributed by atoms with Gasteiger partial charge >= 0.3 is 0 Å². The van der Waals surface area contributed by atoms with Crippen molar-refractivity contribution in [1.82, 2.24) is 14.5 Å². The van der Waals surface area contributed by atoms with Crippen molar-refractivity contribution in [3.63, 3.8) is 0 Å². The number of fused-ring (bicyclic) bond motifs is 1. The smallest absolute Gasteiger partial charge is 0.160 e. The highest BCUT2D eigenvalue weighted by Gasteiger charge is 2.35. The van der Waals surface area contributed by atoms with E-state index in [0.29, 0.717) is 16.9 Å². The summed E-state index contributed by atoms with van der Waals surface area (Å²) < 4.78 is 2.25. The zero-order valence-corrected chi connectivity index (χ0v) is 13.4. The van der Waals surface area contributed by atoms with E-state index in [-0.39, 0.29) is 5.41 Å². The molecular weight excluding hydrogens is 293 g/mol. The summed E-state index contributed by atoms with van der Waals surface area (Å²) in [5.41, 5.74) is 1.99. The molecule has 1 aliphatic rings. The topological polar surface area (TPSA) is 30.7 Å². The van der Waals surface area contributed by atoms with Gasteiger partial charge in [-0.1, -0.05) is 38.3 Å². The van der Waals surface area contributed by atoms with Gasteiger partial charge in [0.25, 0.3) is 0 Å². The molecule has 20 heavy (non-hydrogen) atoms. The van der Waals surface area contributed by atoms with Crippen molar-refractivity contribution in [3.05, 3.63) is 23.1 Å². The average Bonchev–Trinajstić information content (AvgIpc) is 2.75. The molecule has 1 fully saturated rings. The van der Waals surface area contributed by atoms with Gasteiger partial charge in [0, 0.05) is 12.2 Å². The van der Waals surface area contributed by atoms with E-state index in [1.165, 1.54) is 19.3 Å². The predicted molar refractivity (Wildman–Crippen MR) is 83.4 cm³/mol. The largest absolute Gasteiger partial charge is 0.308 e. The maximum atomic E-state index is 6.11. The van der Waals surface area contributed by atoms with Crippen LogP contribution in [0.5, 0.6) is 0 Å². The van der Waals surface area contributed by atoms with Crippen LogP contribution in [0, 0.1) is 5.41 Å². The molecule has 0 radical (unpaired) electrons. The van der Waals surface area contributed by atoms with Gasteiger partial charge in [-0.3, -0.25) is 0 Å². The predicted octanol–water partition coefficient (Wildman–Crippen LogP) is 4.96. The van der Waals surface area contributed by atoms with Crippen LogP contribution in [-0.2, 0) is 5.88 Å². The molecule has 1 atom stereocenters. The molecule has 3 nitrogen and oxygen atoms in total. The van der Waals surface area contributed by atoms with Gasteiger partial charge in [0.2, 0.25) is 0 Å². The third-order valence-electron chi connectivity index (χ3n) is 4.45. The Kier molecular flexibility index (Phi) is 3.67. The second-order valence-electron chi connectivity index (χ2n) is 6.28. The number of imidazole rings is 1. The van der Waals surface area contributed by atoms with Crippen LogP contribution in [0.15, 0.2) is 12.3 Å². The van der Waals surface area contributed by atoms with Gasteiger partial charge in [-0.15, -0.1) is 11.6 Å². The Morgan fingerprint density at radius 3 is 2.90 bits per heavy atom. The molecule has 1 aliphatic carbocycles. The lowest BCUT2D eigenvalue weighted by Gasteiger charge is -2.40. The monoisotopic (exact) mass is 311 g/mol. The molecule has 3 rings (SSSR count). The first-order chi connectivity index (χ1) is 9.53. The van der Waals surface area contributed by atoms with E-state index in [1.54, 1.807) is 6.20 Å². The van der Waals surface area contributed by atoms with Crippen LogP contribution in [0.3, 0.4) is 0 Å². The lowest BCUT2D eigenvalue weighted by atomic mass is 9.73. The van der Waals surface area contributed by atoms with Crippen LogP contribution in [0.25, 0.3) is 11.2 Å². The Bertz CT molecular complexity index is 633. The normalized spacial score (nSPS) is 22.3. The minimum absolute atomic E-state index is 0.244. The van der Waals surface area contributed by atoms with E-state index < -0.39 is 0 Å². The van der Waals surface area contributed by atoms with Gasteiger partial charge in [-0.2, -0.15) is 0 Å². The van der Waals surface area contributed by atoms with Crippen LogP contribution >= 0.6 is 23.2 Å². The molecule has 108 valence electrons. The van der Waals surface area contributed by atoms with E-state index in [4.69, 9.17) is 23.2 Å². The minimum Gasteiger partial charge on any atom is -0.308 e. The zero-order chi connectivity index (χ0) is 14.3. The fraction of sp³-hybridized carbons (Fsp3) is 0.600. The van der Waals surface area contributed by atoms with Crippen LogP contribution in [0.1, 0.15) is 51.4 Å². The van der Waals surface area contributed by atoms with Crippen molar-refractivity contribution in [1.29, 1.82) is 0 Å². The molecule has 0 bridgehead atoms. The zero-order valence-electron chi connectivity index (χ0n) is 11.9. The van der Waals surface area contributed by atoms with E-state index in [2.05, 4.69) is 28.4 Å². The number of halogens is 2. The Labute approximate surface area is 129 Å². The summed E-state index contributed by atoms with van der Waals surface area (Å²) in [6.45, 7) is 4.66. The molecular formula is C15H19Cl2N3. The number of hydrogen-bond donors (Lipinski definition) is 0. The Morgan fingerprint density at radius 2 is 2.20 bits per heavy atom. The van der Waals surface area contributed by atoms with Gasteiger partial charge in [-0.05, 0) is 24.3 Å². The lowest BCUT2D eigenvalue weighted by molar-refractivity contribution is 0.145. The van der Waals surface area contributed by atoms with Crippen molar-refractivity contribution >= 4 is 34.4 Å². The SMILES string of the molecule is CC1(C)CCCCC1n1c(CCl)nc2cc(Cl)cnc21. The molecule has 2 heterocycles.